The summed E-state index contributed by atoms with van der Waals surface area (Å²) < 4.78 is 14.9. The number of halogens is 1. The molecule has 21 heavy (non-hydrogen) atoms. The lowest BCUT2D eigenvalue weighted by Crippen LogP contribution is -2.33. The van der Waals surface area contributed by atoms with Crippen molar-refractivity contribution in [3.8, 4) is 0 Å². The third-order valence-electron chi connectivity index (χ3n) is 4.25. The van der Waals surface area contributed by atoms with E-state index in [1.807, 2.05) is 16.8 Å². The van der Waals surface area contributed by atoms with Crippen molar-refractivity contribution in [1.29, 1.82) is 0 Å². The Morgan fingerprint density at radius 1 is 1.29 bits per heavy atom. The van der Waals surface area contributed by atoms with Gasteiger partial charge in [-0.3, -0.25) is 4.68 Å². The van der Waals surface area contributed by atoms with Crippen molar-refractivity contribution in [2.45, 2.75) is 38.3 Å². The first-order valence-corrected chi connectivity index (χ1v) is 7.64. The van der Waals surface area contributed by atoms with Gasteiger partial charge >= 0.3 is 0 Å². The molecule has 1 heterocycles. The summed E-state index contributed by atoms with van der Waals surface area (Å²) in [5.74, 6) is 0.513. The van der Waals surface area contributed by atoms with Gasteiger partial charge in [0, 0.05) is 12.6 Å². The van der Waals surface area contributed by atoms with E-state index < -0.39 is 0 Å². The van der Waals surface area contributed by atoms with E-state index in [4.69, 9.17) is 0 Å². The molecule has 5 heteroatoms. The summed E-state index contributed by atoms with van der Waals surface area (Å²) in [6, 6.07) is 7.26. The van der Waals surface area contributed by atoms with Crippen LogP contribution in [0, 0.1) is 11.7 Å². The van der Waals surface area contributed by atoms with Gasteiger partial charge in [0.1, 0.15) is 18.5 Å². The first-order chi connectivity index (χ1) is 10.3. The quantitative estimate of drug-likeness (QED) is 0.797. The Morgan fingerprint density at radius 3 is 2.71 bits per heavy atom. The number of aryl methyl sites for hydroxylation is 1. The van der Waals surface area contributed by atoms with Gasteiger partial charge in [0.05, 0.1) is 0 Å². The molecule has 0 aliphatic heterocycles. The zero-order valence-electron chi connectivity index (χ0n) is 12.1. The van der Waals surface area contributed by atoms with E-state index in [1.165, 1.54) is 24.8 Å². The van der Waals surface area contributed by atoms with E-state index in [9.17, 15) is 4.39 Å². The zero-order valence-corrected chi connectivity index (χ0v) is 12.1. The molecule has 0 amide bonds. The van der Waals surface area contributed by atoms with Crippen LogP contribution in [0.2, 0.25) is 0 Å². The largest absolute Gasteiger partial charge is 0.310 e. The van der Waals surface area contributed by atoms with E-state index in [-0.39, 0.29) is 5.82 Å². The third-order valence-corrected chi connectivity index (χ3v) is 4.25. The Hall–Kier alpha value is -1.75. The fraction of sp³-hybridized carbons (Fsp3) is 0.500. The van der Waals surface area contributed by atoms with Crippen molar-refractivity contribution in [3.05, 3.63) is 48.3 Å². The predicted molar refractivity (Wildman–Crippen MR) is 79.1 cm³/mol. The Kier molecular flexibility index (Phi) is 4.60. The normalized spacial score (nSPS) is 16.6. The van der Waals surface area contributed by atoms with Gasteiger partial charge < -0.3 is 5.32 Å². The van der Waals surface area contributed by atoms with E-state index >= 15 is 0 Å². The number of rotatable bonds is 7. The summed E-state index contributed by atoms with van der Waals surface area (Å²) >= 11 is 0. The summed E-state index contributed by atoms with van der Waals surface area (Å²) in [6.45, 7) is 1.80. The summed E-state index contributed by atoms with van der Waals surface area (Å²) in [7, 11) is 0. The number of hydrogen-bond acceptors (Lipinski definition) is 3. The van der Waals surface area contributed by atoms with Gasteiger partial charge in [-0.25, -0.2) is 9.37 Å². The highest BCUT2D eigenvalue weighted by molar-refractivity contribution is 5.21. The SMILES string of the molecule is Fc1ccc([C@H](NCCCn2cncn2)C2CCC2)cc1. The fourth-order valence-corrected chi connectivity index (χ4v) is 2.85. The maximum Gasteiger partial charge on any atom is 0.137 e. The van der Waals surface area contributed by atoms with Crippen LogP contribution in [-0.2, 0) is 6.54 Å². The number of hydrogen-bond donors (Lipinski definition) is 1. The van der Waals surface area contributed by atoms with E-state index in [0.717, 1.165) is 19.5 Å². The van der Waals surface area contributed by atoms with Crippen molar-refractivity contribution in [1.82, 2.24) is 20.1 Å². The Morgan fingerprint density at radius 2 is 2.10 bits per heavy atom. The summed E-state index contributed by atoms with van der Waals surface area (Å²) in [4.78, 5) is 3.94. The molecule has 3 rings (SSSR count). The monoisotopic (exact) mass is 288 g/mol. The molecule has 1 fully saturated rings. The van der Waals surface area contributed by atoms with Crippen LogP contribution in [0.15, 0.2) is 36.9 Å². The summed E-state index contributed by atoms with van der Waals surface area (Å²) in [5, 5.41) is 7.74. The van der Waals surface area contributed by atoms with E-state index in [2.05, 4.69) is 15.4 Å². The van der Waals surface area contributed by atoms with Crippen LogP contribution in [0.25, 0.3) is 0 Å². The van der Waals surface area contributed by atoms with Crippen LogP contribution >= 0.6 is 0 Å². The van der Waals surface area contributed by atoms with Crippen LogP contribution in [-0.4, -0.2) is 21.3 Å². The van der Waals surface area contributed by atoms with Gasteiger partial charge in [-0.05, 0) is 49.4 Å². The second kappa shape index (κ2) is 6.80. The van der Waals surface area contributed by atoms with E-state index in [0.29, 0.717) is 12.0 Å². The highest BCUT2D eigenvalue weighted by Gasteiger charge is 2.27. The standard InChI is InChI=1S/C16H21FN4/c17-15-7-5-14(6-8-15)16(13-3-1-4-13)19-9-2-10-21-12-18-11-20-21/h5-8,11-13,16,19H,1-4,9-10H2/t16-/m1/s1. The number of nitrogens with one attached hydrogen (secondary N) is 1. The molecule has 1 aromatic carbocycles. The smallest absolute Gasteiger partial charge is 0.137 e. The van der Waals surface area contributed by atoms with Gasteiger partial charge in [0.15, 0.2) is 0 Å². The van der Waals surface area contributed by atoms with Gasteiger partial charge in [0.2, 0.25) is 0 Å². The number of nitrogens with zero attached hydrogens (tertiary/aromatic N) is 3. The van der Waals surface area contributed by atoms with Gasteiger partial charge in [-0.15, -0.1) is 0 Å². The first-order valence-electron chi connectivity index (χ1n) is 7.64. The number of benzene rings is 1. The minimum atomic E-state index is -0.169. The maximum atomic E-state index is 13.1. The topological polar surface area (TPSA) is 42.7 Å². The molecule has 1 atom stereocenters. The molecule has 1 N–H and O–H groups in total. The first kappa shape index (κ1) is 14.2. The minimum absolute atomic E-state index is 0.169. The Balaban J connectivity index is 1.54. The Bertz CT molecular complexity index is 534. The molecule has 1 saturated carbocycles. The van der Waals surface area contributed by atoms with Crippen molar-refractivity contribution >= 4 is 0 Å². The summed E-state index contributed by atoms with van der Waals surface area (Å²) in [5.41, 5.74) is 1.20. The summed E-state index contributed by atoms with van der Waals surface area (Å²) in [6.07, 6.45) is 8.14. The molecular weight excluding hydrogens is 267 g/mol. The molecule has 0 bridgehead atoms. The zero-order chi connectivity index (χ0) is 14.5. The second-order valence-corrected chi connectivity index (χ2v) is 5.69. The van der Waals surface area contributed by atoms with Gasteiger partial charge in [-0.2, -0.15) is 5.10 Å². The van der Waals surface area contributed by atoms with Crippen LogP contribution in [0.4, 0.5) is 4.39 Å². The molecular formula is C16H21FN4. The molecule has 4 nitrogen and oxygen atoms in total. The second-order valence-electron chi connectivity index (χ2n) is 5.69. The highest BCUT2D eigenvalue weighted by atomic mass is 19.1. The molecule has 0 radical (unpaired) electrons. The lowest BCUT2D eigenvalue weighted by molar-refractivity contribution is 0.229. The predicted octanol–water partition coefficient (Wildman–Crippen LogP) is 2.94. The van der Waals surface area contributed by atoms with Crippen molar-refractivity contribution in [2.24, 2.45) is 5.92 Å². The molecule has 2 aromatic rings. The molecule has 1 aliphatic rings. The third kappa shape index (κ3) is 3.67. The Labute approximate surface area is 124 Å². The van der Waals surface area contributed by atoms with Crippen molar-refractivity contribution in [3.63, 3.8) is 0 Å². The molecule has 1 aliphatic carbocycles. The lowest BCUT2D eigenvalue weighted by atomic mass is 9.77. The fourth-order valence-electron chi connectivity index (χ4n) is 2.85. The van der Waals surface area contributed by atoms with Crippen LogP contribution < -0.4 is 5.32 Å². The van der Waals surface area contributed by atoms with Crippen LogP contribution in [0.1, 0.15) is 37.3 Å². The van der Waals surface area contributed by atoms with Crippen LogP contribution in [0.5, 0.6) is 0 Å². The van der Waals surface area contributed by atoms with Crippen LogP contribution in [0.3, 0.4) is 0 Å². The average molecular weight is 288 g/mol. The maximum absolute atomic E-state index is 13.1. The van der Waals surface area contributed by atoms with Gasteiger partial charge in [0.25, 0.3) is 0 Å². The van der Waals surface area contributed by atoms with Crippen molar-refractivity contribution < 1.29 is 4.39 Å². The average Bonchev–Trinajstić information content (AvgIpc) is 2.94. The van der Waals surface area contributed by atoms with Crippen molar-refractivity contribution in [2.75, 3.05) is 6.54 Å². The van der Waals surface area contributed by atoms with Gasteiger partial charge in [-0.1, -0.05) is 18.6 Å². The molecule has 0 saturated heterocycles. The molecule has 0 unspecified atom stereocenters. The number of aromatic nitrogens is 3. The molecule has 112 valence electrons. The molecule has 1 aromatic heterocycles. The minimum Gasteiger partial charge on any atom is -0.310 e. The molecule has 0 spiro atoms. The lowest BCUT2D eigenvalue weighted by Gasteiger charge is -2.35. The van der Waals surface area contributed by atoms with E-state index in [1.54, 1.807) is 24.8 Å². The highest BCUT2D eigenvalue weighted by Crippen LogP contribution is 2.37.